The van der Waals surface area contributed by atoms with Gasteiger partial charge in [-0.25, -0.2) is 0 Å². The fourth-order valence-electron chi connectivity index (χ4n) is 1.50. The van der Waals surface area contributed by atoms with Crippen molar-refractivity contribution in [3.05, 3.63) is 29.3 Å². The average Bonchev–Trinajstić information content (AvgIpc) is 2.16. The maximum atomic E-state index is 9.44. The Morgan fingerprint density at radius 1 is 1.43 bits per heavy atom. The van der Waals surface area contributed by atoms with Gasteiger partial charge in [-0.1, -0.05) is 12.1 Å². The van der Waals surface area contributed by atoms with Gasteiger partial charge in [0.2, 0.25) is 0 Å². The third-order valence-electron chi connectivity index (χ3n) is 2.36. The van der Waals surface area contributed by atoms with Gasteiger partial charge in [-0.3, -0.25) is 0 Å². The standard InChI is InChI=1S/C11H17NO2/c1-7-5-4-6-9(14-3)10(7)11(12)8(2)13/h4-6,8,11,13H,12H2,1-3H3/t8-,11+/m0/s1. The largest absolute Gasteiger partial charge is 0.496 e. The van der Waals surface area contributed by atoms with Crippen LogP contribution in [-0.2, 0) is 0 Å². The Labute approximate surface area is 84.5 Å². The predicted molar refractivity (Wildman–Crippen MR) is 56.3 cm³/mol. The lowest BCUT2D eigenvalue weighted by molar-refractivity contribution is 0.162. The minimum Gasteiger partial charge on any atom is -0.496 e. The monoisotopic (exact) mass is 195 g/mol. The first-order valence-corrected chi connectivity index (χ1v) is 4.65. The molecule has 0 heterocycles. The molecule has 1 rings (SSSR count). The molecule has 78 valence electrons. The van der Waals surface area contributed by atoms with Gasteiger partial charge in [-0.2, -0.15) is 0 Å². The molecule has 1 aromatic carbocycles. The summed E-state index contributed by atoms with van der Waals surface area (Å²) < 4.78 is 5.21. The van der Waals surface area contributed by atoms with E-state index in [1.165, 1.54) is 0 Å². The maximum Gasteiger partial charge on any atom is 0.123 e. The minimum absolute atomic E-state index is 0.397. The molecule has 0 unspecified atom stereocenters. The molecule has 0 aromatic heterocycles. The molecule has 3 N–H and O–H groups in total. The summed E-state index contributed by atoms with van der Waals surface area (Å²) >= 11 is 0. The number of benzene rings is 1. The molecule has 0 aliphatic heterocycles. The van der Waals surface area contributed by atoms with E-state index >= 15 is 0 Å². The number of nitrogens with two attached hydrogens (primary N) is 1. The highest BCUT2D eigenvalue weighted by molar-refractivity contribution is 5.42. The highest BCUT2D eigenvalue weighted by Crippen LogP contribution is 2.28. The maximum absolute atomic E-state index is 9.44. The predicted octanol–water partition coefficient (Wildman–Crippen LogP) is 1.38. The van der Waals surface area contributed by atoms with Gasteiger partial charge in [0.1, 0.15) is 5.75 Å². The first kappa shape index (κ1) is 11.0. The van der Waals surface area contributed by atoms with Crippen LogP contribution in [0.5, 0.6) is 5.75 Å². The van der Waals surface area contributed by atoms with E-state index in [0.29, 0.717) is 0 Å². The fourth-order valence-corrected chi connectivity index (χ4v) is 1.50. The fraction of sp³-hybridized carbons (Fsp3) is 0.455. The van der Waals surface area contributed by atoms with Crippen molar-refractivity contribution in [2.75, 3.05) is 7.11 Å². The van der Waals surface area contributed by atoms with Gasteiger partial charge < -0.3 is 15.6 Å². The zero-order chi connectivity index (χ0) is 10.7. The van der Waals surface area contributed by atoms with Crippen LogP contribution >= 0.6 is 0 Å². The van der Waals surface area contributed by atoms with Gasteiger partial charge in [-0.15, -0.1) is 0 Å². The van der Waals surface area contributed by atoms with Crippen molar-refractivity contribution in [1.29, 1.82) is 0 Å². The van der Waals surface area contributed by atoms with Crippen molar-refractivity contribution in [3.8, 4) is 5.75 Å². The third kappa shape index (κ3) is 2.05. The van der Waals surface area contributed by atoms with Crippen LogP contribution in [-0.4, -0.2) is 18.3 Å². The number of rotatable bonds is 3. The highest BCUT2D eigenvalue weighted by atomic mass is 16.5. The number of aryl methyl sites for hydroxylation is 1. The summed E-state index contributed by atoms with van der Waals surface area (Å²) in [5, 5.41) is 9.44. The molecule has 0 radical (unpaired) electrons. The molecule has 0 spiro atoms. The molecule has 0 aliphatic carbocycles. The van der Waals surface area contributed by atoms with Gasteiger partial charge in [-0.05, 0) is 25.5 Å². The summed E-state index contributed by atoms with van der Waals surface area (Å²) in [7, 11) is 1.60. The second-order valence-electron chi connectivity index (χ2n) is 3.46. The summed E-state index contributed by atoms with van der Waals surface area (Å²) in [6, 6.07) is 5.32. The van der Waals surface area contributed by atoms with Crippen molar-refractivity contribution in [2.45, 2.75) is 26.0 Å². The second-order valence-corrected chi connectivity index (χ2v) is 3.46. The Morgan fingerprint density at radius 2 is 2.07 bits per heavy atom. The summed E-state index contributed by atoms with van der Waals surface area (Å²) in [4.78, 5) is 0. The zero-order valence-electron chi connectivity index (χ0n) is 8.82. The Morgan fingerprint density at radius 3 is 2.57 bits per heavy atom. The molecule has 0 aliphatic rings. The molecule has 0 bridgehead atoms. The first-order chi connectivity index (χ1) is 6.57. The van der Waals surface area contributed by atoms with Crippen LogP contribution < -0.4 is 10.5 Å². The molecule has 3 heteroatoms. The zero-order valence-corrected chi connectivity index (χ0v) is 8.82. The molecular formula is C11H17NO2. The van der Waals surface area contributed by atoms with Gasteiger partial charge in [0.05, 0.1) is 19.3 Å². The number of aliphatic hydroxyl groups is 1. The van der Waals surface area contributed by atoms with Crippen LogP contribution in [0.15, 0.2) is 18.2 Å². The Balaban J connectivity index is 3.16. The van der Waals surface area contributed by atoms with E-state index in [0.717, 1.165) is 16.9 Å². The SMILES string of the molecule is COc1cccc(C)c1[C@H](N)[C@H](C)O. The molecule has 3 nitrogen and oxygen atoms in total. The van der Waals surface area contributed by atoms with Crippen molar-refractivity contribution >= 4 is 0 Å². The molecule has 2 atom stereocenters. The van der Waals surface area contributed by atoms with Crippen molar-refractivity contribution < 1.29 is 9.84 Å². The van der Waals surface area contributed by atoms with Gasteiger partial charge in [0, 0.05) is 5.56 Å². The smallest absolute Gasteiger partial charge is 0.123 e. The second kappa shape index (κ2) is 4.44. The third-order valence-corrected chi connectivity index (χ3v) is 2.36. The molecule has 0 saturated carbocycles. The van der Waals surface area contributed by atoms with Gasteiger partial charge in [0.25, 0.3) is 0 Å². The first-order valence-electron chi connectivity index (χ1n) is 4.65. The van der Waals surface area contributed by atoms with E-state index in [2.05, 4.69) is 0 Å². The van der Waals surface area contributed by atoms with Crippen LogP contribution in [0.4, 0.5) is 0 Å². The van der Waals surface area contributed by atoms with E-state index < -0.39 is 12.1 Å². The summed E-state index contributed by atoms with van der Waals surface area (Å²) in [5.74, 6) is 0.735. The van der Waals surface area contributed by atoms with Crippen LogP contribution in [0, 0.1) is 6.92 Å². The van der Waals surface area contributed by atoms with E-state index in [4.69, 9.17) is 10.5 Å². The Hall–Kier alpha value is -1.06. The van der Waals surface area contributed by atoms with Crippen molar-refractivity contribution in [1.82, 2.24) is 0 Å². The number of methoxy groups -OCH3 is 1. The minimum atomic E-state index is -0.579. The number of ether oxygens (including phenoxy) is 1. The molecule has 0 amide bonds. The normalized spacial score (nSPS) is 14.9. The summed E-state index contributed by atoms with van der Waals surface area (Å²) in [5.41, 5.74) is 7.80. The van der Waals surface area contributed by atoms with Gasteiger partial charge >= 0.3 is 0 Å². The summed E-state index contributed by atoms with van der Waals surface area (Å²) in [6.07, 6.45) is -0.579. The summed E-state index contributed by atoms with van der Waals surface area (Å²) in [6.45, 7) is 3.64. The molecule has 14 heavy (non-hydrogen) atoms. The average molecular weight is 195 g/mol. The van der Waals surface area contributed by atoms with Crippen LogP contribution in [0.25, 0.3) is 0 Å². The quantitative estimate of drug-likeness (QED) is 0.766. The molecule has 0 fully saturated rings. The van der Waals surface area contributed by atoms with Crippen LogP contribution in [0.1, 0.15) is 24.1 Å². The Kier molecular flexibility index (Phi) is 3.49. The lowest BCUT2D eigenvalue weighted by Crippen LogP contribution is -2.24. The lowest BCUT2D eigenvalue weighted by Gasteiger charge is -2.20. The topological polar surface area (TPSA) is 55.5 Å². The van der Waals surface area contributed by atoms with E-state index in [9.17, 15) is 5.11 Å². The lowest BCUT2D eigenvalue weighted by atomic mass is 9.97. The van der Waals surface area contributed by atoms with Crippen LogP contribution in [0.2, 0.25) is 0 Å². The molecule has 0 saturated heterocycles. The molecular weight excluding hydrogens is 178 g/mol. The van der Waals surface area contributed by atoms with Crippen LogP contribution in [0.3, 0.4) is 0 Å². The van der Waals surface area contributed by atoms with Crippen molar-refractivity contribution in [2.24, 2.45) is 5.73 Å². The molecule has 1 aromatic rings. The van der Waals surface area contributed by atoms with E-state index in [1.807, 2.05) is 25.1 Å². The number of hydrogen-bond donors (Lipinski definition) is 2. The number of aliphatic hydroxyl groups excluding tert-OH is 1. The van der Waals surface area contributed by atoms with Crippen molar-refractivity contribution in [3.63, 3.8) is 0 Å². The number of hydrogen-bond acceptors (Lipinski definition) is 3. The Bertz CT molecular complexity index is 310. The van der Waals surface area contributed by atoms with E-state index in [-0.39, 0.29) is 0 Å². The van der Waals surface area contributed by atoms with E-state index in [1.54, 1.807) is 14.0 Å². The highest BCUT2D eigenvalue weighted by Gasteiger charge is 2.18. The van der Waals surface area contributed by atoms with Gasteiger partial charge in [0.15, 0.2) is 0 Å².